The van der Waals surface area contributed by atoms with Crippen molar-refractivity contribution in [3.05, 3.63) is 48.2 Å². The second kappa shape index (κ2) is 3.30. The van der Waals surface area contributed by atoms with E-state index in [9.17, 15) is 0 Å². The molecule has 0 N–H and O–H groups in total. The average molecular weight is 157 g/mol. The smallest absolute Gasteiger partial charge is 0.0533 e. The lowest BCUT2D eigenvalue weighted by Gasteiger charge is -2.10. The Balaban J connectivity index is 2.21. The van der Waals surface area contributed by atoms with Crippen molar-refractivity contribution in [3.8, 4) is 0 Å². The second-order valence-electron chi connectivity index (χ2n) is 2.61. The lowest BCUT2D eigenvalue weighted by atomic mass is 9.99. The second-order valence-corrected chi connectivity index (χ2v) is 2.61. The molecule has 0 bridgehead atoms. The largest absolute Gasteiger partial charge is 0.292 e. The summed E-state index contributed by atoms with van der Waals surface area (Å²) in [7, 11) is 0. The first-order valence-electron chi connectivity index (χ1n) is 3.89. The Bertz CT molecular complexity index is 301. The molecule has 0 atom stereocenters. The number of dihydropyridines is 1. The molecule has 2 nitrogen and oxygen atoms in total. The topological polar surface area (TPSA) is 25.2 Å². The molecule has 1 radical (unpaired) electrons. The summed E-state index contributed by atoms with van der Waals surface area (Å²) < 4.78 is 0. The molecular weight excluding hydrogens is 148 g/mol. The van der Waals surface area contributed by atoms with E-state index in [1.807, 2.05) is 24.4 Å². The van der Waals surface area contributed by atoms with Crippen LogP contribution >= 0.6 is 0 Å². The molecule has 0 fully saturated rings. The van der Waals surface area contributed by atoms with E-state index in [-0.39, 0.29) is 0 Å². The maximum absolute atomic E-state index is 4.17. The summed E-state index contributed by atoms with van der Waals surface area (Å²) in [6, 6.07) is 4.00. The average Bonchev–Trinajstić information content (AvgIpc) is 2.21. The molecule has 1 aliphatic rings. The summed E-state index contributed by atoms with van der Waals surface area (Å²) in [6.45, 7) is 0.778. The maximum Gasteiger partial charge on any atom is 0.0533 e. The van der Waals surface area contributed by atoms with Crippen LogP contribution < -0.4 is 0 Å². The fourth-order valence-electron chi connectivity index (χ4n) is 1.18. The fraction of sp³-hybridized carbons (Fsp3) is 0.100. The van der Waals surface area contributed by atoms with Crippen molar-refractivity contribution < 1.29 is 0 Å². The lowest BCUT2D eigenvalue weighted by molar-refractivity contribution is 1.05. The van der Waals surface area contributed by atoms with Gasteiger partial charge in [0.2, 0.25) is 0 Å². The normalized spacial score (nSPS) is 16.7. The molecule has 0 spiro atoms. The van der Waals surface area contributed by atoms with E-state index in [2.05, 4.69) is 16.1 Å². The summed E-state index contributed by atoms with van der Waals surface area (Å²) in [5.41, 5.74) is 1.21. The Hall–Kier alpha value is -1.44. The van der Waals surface area contributed by atoms with Crippen molar-refractivity contribution in [3.63, 3.8) is 0 Å². The number of hydrogen-bond acceptors (Lipinski definition) is 2. The van der Waals surface area contributed by atoms with Crippen LogP contribution in [-0.2, 0) is 0 Å². The molecule has 2 heterocycles. The SMILES string of the molecule is C1=C[C](c2ccncc2)CN=C1. The molecule has 1 aromatic rings. The Morgan fingerprint density at radius 1 is 1.17 bits per heavy atom. The first-order valence-corrected chi connectivity index (χ1v) is 3.89. The zero-order valence-electron chi connectivity index (χ0n) is 6.64. The summed E-state index contributed by atoms with van der Waals surface area (Å²) >= 11 is 0. The molecule has 0 aliphatic carbocycles. The van der Waals surface area contributed by atoms with Gasteiger partial charge in [-0.05, 0) is 23.8 Å². The number of aromatic nitrogens is 1. The molecule has 0 unspecified atom stereocenters. The van der Waals surface area contributed by atoms with Crippen LogP contribution in [0.2, 0.25) is 0 Å². The highest BCUT2D eigenvalue weighted by Crippen LogP contribution is 2.16. The van der Waals surface area contributed by atoms with Gasteiger partial charge in [-0.3, -0.25) is 9.98 Å². The predicted octanol–water partition coefficient (Wildman–Crippen LogP) is 1.64. The van der Waals surface area contributed by atoms with Crippen LogP contribution in [0.25, 0.3) is 0 Å². The monoisotopic (exact) mass is 157 g/mol. The van der Waals surface area contributed by atoms with E-state index in [1.54, 1.807) is 12.4 Å². The van der Waals surface area contributed by atoms with Gasteiger partial charge in [0, 0.05) is 24.5 Å². The number of allylic oxidation sites excluding steroid dienone is 1. The predicted molar refractivity (Wildman–Crippen MR) is 49.1 cm³/mol. The standard InChI is InChI=1S/C10H9N2/c1-2-10(8-12-5-1)9-3-6-11-7-4-9/h1-7H,8H2. The number of hydrogen-bond donors (Lipinski definition) is 0. The zero-order chi connectivity index (χ0) is 8.23. The van der Waals surface area contributed by atoms with E-state index in [4.69, 9.17) is 0 Å². The van der Waals surface area contributed by atoms with E-state index in [0.717, 1.165) is 6.54 Å². The van der Waals surface area contributed by atoms with Gasteiger partial charge in [-0.2, -0.15) is 0 Å². The minimum Gasteiger partial charge on any atom is -0.292 e. The number of pyridine rings is 1. The summed E-state index contributed by atoms with van der Waals surface area (Å²) in [5, 5.41) is 0. The van der Waals surface area contributed by atoms with Crippen LogP contribution in [0.1, 0.15) is 5.56 Å². The summed E-state index contributed by atoms with van der Waals surface area (Å²) in [5.74, 6) is 1.25. The van der Waals surface area contributed by atoms with E-state index in [0.29, 0.717) is 0 Å². The molecule has 2 heteroatoms. The summed E-state index contributed by atoms with van der Waals surface area (Å²) in [4.78, 5) is 8.13. The van der Waals surface area contributed by atoms with Crippen LogP contribution in [0.3, 0.4) is 0 Å². The molecule has 0 aromatic carbocycles. The van der Waals surface area contributed by atoms with Gasteiger partial charge >= 0.3 is 0 Å². The van der Waals surface area contributed by atoms with Crippen LogP contribution in [0.4, 0.5) is 0 Å². The minimum absolute atomic E-state index is 0.778. The van der Waals surface area contributed by atoms with Crippen LogP contribution in [0, 0.1) is 5.92 Å². The third-order valence-electron chi connectivity index (χ3n) is 1.80. The third kappa shape index (κ3) is 1.42. The molecule has 12 heavy (non-hydrogen) atoms. The van der Waals surface area contributed by atoms with E-state index >= 15 is 0 Å². The molecule has 59 valence electrons. The first kappa shape index (κ1) is 7.22. The number of nitrogens with zero attached hydrogens (tertiary/aromatic N) is 2. The Morgan fingerprint density at radius 2 is 2.00 bits per heavy atom. The third-order valence-corrected chi connectivity index (χ3v) is 1.80. The highest BCUT2D eigenvalue weighted by Gasteiger charge is 2.08. The van der Waals surface area contributed by atoms with Crippen molar-refractivity contribution in [2.24, 2.45) is 4.99 Å². The Kier molecular flexibility index (Phi) is 1.99. The van der Waals surface area contributed by atoms with Gasteiger partial charge in [-0.1, -0.05) is 6.08 Å². The number of rotatable bonds is 1. The minimum atomic E-state index is 0.778. The molecule has 1 aromatic heterocycles. The van der Waals surface area contributed by atoms with Gasteiger partial charge in [0.25, 0.3) is 0 Å². The summed E-state index contributed by atoms with van der Waals surface area (Å²) in [6.07, 6.45) is 9.47. The van der Waals surface area contributed by atoms with Gasteiger partial charge in [0.05, 0.1) is 6.54 Å². The fourth-order valence-corrected chi connectivity index (χ4v) is 1.18. The van der Waals surface area contributed by atoms with Gasteiger partial charge in [-0.15, -0.1) is 0 Å². The van der Waals surface area contributed by atoms with Crippen molar-refractivity contribution in [2.45, 2.75) is 0 Å². The lowest BCUT2D eigenvalue weighted by Crippen LogP contribution is -2.03. The first-order chi connectivity index (χ1) is 5.97. The van der Waals surface area contributed by atoms with Gasteiger partial charge < -0.3 is 0 Å². The number of aliphatic imine (C=N–C) groups is 1. The highest BCUT2D eigenvalue weighted by molar-refractivity contribution is 5.74. The van der Waals surface area contributed by atoms with Gasteiger partial charge in [0.1, 0.15) is 0 Å². The van der Waals surface area contributed by atoms with Gasteiger partial charge in [0.15, 0.2) is 0 Å². The van der Waals surface area contributed by atoms with Crippen LogP contribution in [0.5, 0.6) is 0 Å². The Morgan fingerprint density at radius 3 is 2.67 bits per heavy atom. The van der Waals surface area contributed by atoms with Crippen molar-refractivity contribution >= 4 is 6.21 Å². The van der Waals surface area contributed by atoms with Crippen molar-refractivity contribution in [1.82, 2.24) is 4.98 Å². The molecule has 0 amide bonds. The molecule has 1 aliphatic heterocycles. The van der Waals surface area contributed by atoms with Crippen LogP contribution in [-0.4, -0.2) is 17.7 Å². The van der Waals surface area contributed by atoms with Gasteiger partial charge in [-0.25, -0.2) is 0 Å². The zero-order valence-corrected chi connectivity index (χ0v) is 6.64. The molecule has 2 rings (SSSR count). The van der Waals surface area contributed by atoms with Crippen LogP contribution in [0.15, 0.2) is 41.7 Å². The Labute approximate surface area is 71.7 Å². The quantitative estimate of drug-likeness (QED) is 0.608. The molecule has 0 saturated heterocycles. The van der Waals surface area contributed by atoms with Crippen molar-refractivity contribution in [2.75, 3.05) is 6.54 Å². The molecule has 0 saturated carbocycles. The van der Waals surface area contributed by atoms with E-state index < -0.39 is 0 Å². The van der Waals surface area contributed by atoms with Crippen molar-refractivity contribution in [1.29, 1.82) is 0 Å². The maximum atomic E-state index is 4.17. The molecular formula is C10H9N2. The van der Waals surface area contributed by atoms with E-state index in [1.165, 1.54) is 11.5 Å². The highest BCUT2D eigenvalue weighted by atomic mass is 14.7.